The van der Waals surface area contributed by atoms with Gasteiger partial charge in [-0.25, -0.2) is 0 Å². The molecule has 3 aromatic heterocycles. The van der Waals surface area contributed by atoms with Gasteiger partial charge in [0.1, 0.15) is 13.7 Å². The smallest absolute Gasteiger partial charge is 0 e. The molecule has 46 heavy (non-hydrogen) atoms. The van der Waals surface area contributed by atoms with Crippen LogP contribution in [-0.2, 0) is 20.1 Å². The second kappa shape index (κ2) is 12.5. The minimum absolute atomic E-state index is 0. The number of nitrogens with zero attached hydrogens (tertiary/aromatic N) is 2. The molecule has 1 radical (unpaired) electrons. The first-order valence-electron chi connectivity index (χ1n) is 16.7. The number of aromatic nitrogens is 2. The van der Waals surface area contributed by atoms with Gasteiger partial charge in [-0.05, 0) is 46.2 Å². The predicted molar refractivity (Wildman–Crippen MR) is 194 cm³/mol. The van der Waals surface area contributed by atoms with Gasteiger partial charge in [-0.1, -0.05) is 66.0 Å². The van der Waals surface area contributed by atoms with Crippen LogP contribution in [0.15, 0.2) is 114 Å². The fourth-order valence-corrected chi connectivity index (χ4v) is 11.6. The van der Waals surface area contributed by atoms with Gasteiger partial charge < -0.3 is 9.40 Å². The summed E-state index contributed by atoms with van der Waals surface area (Å²) in [6.07, 6.45) is 3.57. The van der Waals surface area contributed by atoms with E-state index in [1.165, 1.54) is 38.2 Å². The minimum Gasteiger partial charge on any atom is 0 e. The van der Waals surface area contributed by atoms with Crippen LogP contribution in [0.1, 0.15) is 9.68 Å². The molecule has 7 aromatic rings. The van der Waals surface area contributed by atoms with Crippen molar-refractivity contribution >= 4 is 58.0 Å². The second-order valence-corrected chi connectivity index (χ2v) is 28.1. The summed E-state index contributed by atoms with van der Waals surface area (Å²) in [6, 6.07) is 38.8. The van der Waals surface area contributed by atoms with Crippen molar-refractivity contribution in [1.29, 1.82) is 0 Å². The maximum absolute atomic E-state index is 7.75. The normalized spacial score (nSPS) is 14.2. The molecule has 0 saturated carbocycles. The van der Waals surface area contributed by atoms with Crippen LogP contribution in [0.3, 0.4) is 0 Å². The summed E-state index contributed by atoms with van der Waals surface area (Å²) in [5, 5.41) is 5.00. The topological polar surface area (TPSA) is 38.9 Å². The van der Waals surface area contributed by atoms with Gasteiger partial charge in [0.05, 0.1) is 5.58 Å². The molecule has 1 aliphatic rings. The Kier molecular flexibility index (Phi) is 7.79. The van der Waals surface area contributed by atoms with Crippen molar-refractivity contribution < 1.29 is 28.6 Å². The minimum atomic E-state index is -2.19. The Labute approximate surface area is 293 Å². The molecule has 4 aromatic carbocycles. The summed E-state index contributed by atoms with van der Waals surface area (Å²) < 4.78 is 31.1. The largest absolute Gasteiger partial charge is 0 e. The zero-order valence-corrected chi connectivity index (χ0v) is 32.0. The van der Waals surface area contributed by atoms with Gasteiger partial charge in [-0.15, -0.1) is 18.2 Å². The molecule has 6 heteroatoms. The van der Waals surface area contributed by atoms with E-state index in [1.54, 1.807) is 6.07 Å². The Morgan fingerprint density at radius 2 is 1.63 bits per heavy atom. The van der Waals surface area contributed by atoms with Gasteiger partial charge in [0.2, 0.25) is 0 Å². The zero-order valence-electron chi connectivity index (χ0n) is 29.5. The van der Waals surface area contributed by atoms with Crippen LogP contribution >= 0.6 is 0 Å². The van der Waals surface area contributed by atoms with Crippen LogP contribution in [0.25, 0.3) is 55.6 Å². The third-order valence-corrected chi connectivity index (χ3v) is 16.6. The Bertz CT molecular complexity index is 2300. The van der Waals surface area contributed by atoms with E-state index < -0.39 is 28.2 Å². The number of aryl methyl sites for hydroxylation is 1. The molecule has 0 saturated heterocycles. The molecule has 0 aliphatic carbocycles. The molecule has 0 fully saturated rings. The monoisotopic (exact) mass is 858 g/mol. The molecule has 0 spiro atoms. The Morgan fingerprint density at radius 1 is 0.804 bits per heavy atom. The van der Waals surface area contributed by atoms with E-state index in [1.807, 2.05) is 42.6 Å². The van der Waals surface area contributed by atoms with E-state index in [-0.39, 0.29) is 25.7 Å². The first kappa shape index (κ1) is 28.6. The number of hydrogen-bond donors (Lipinski definition) is 0. The average Bonchev–Trinajstić information content (AvgIpc) is 3.57. The Morgan fingerprint density at radius 3 is 2.37 bits per heavy atom. The van der Waals surface area contributed by atoms with Crippen molar-refractivity contribution in [2.75, 3.05) is 0 Å². The molecule has 0 unspecified atom stereocenters. The fourth-order valence-electron chi connectivity index (χ4n) is 6.33. The van der Waals surface area contributed by atoms with E-state index in [4.69, 9.17) is 8.53 Å². The summed E-state index contributed by atoms with van der Waals surface area (Å²) >= 11 is -1.72. The molecular weight excluding hydrogens is 817 g/mol. The number of benzene rings is 4. The van der Waals surface area contributed by atoms with Crippen LogP contribution in [-0.4, -0.2) is 31.3 Å². The Balaban J connectivity index is 0.000000208. The van der Waals surface area contributed by atoms with Gasteiger partial charge in [-0.2, -0.15) is 0 Å². The summed E-state index contributed by atoms with van der Waals surface area (Å²) in [5.74, 6) is 7.14. The molecule has 1 aliphatic heterocycles. The van der Waals surface area contributed by atoms with Gasteiger partial charge in [-0.3, -0.25) is 0 Å². The standard InChI is InChI=1S/C26H20NOSi.C14H16GeN.Ir/c1-16-13-14-27-20(15-16)17-8-6-9-19-24-21(28-26(17)19)11-12-23-25(24)18-7-4-5-10-22(18)29(23,2)3;1-15(2,3)13-9-10-14(16-11-13)12-7-5-4-6-8-12;/h4-7,9-15H,1-3H3;4-7,9-11H,1-3H3;/q2*-1;/i1D3;;. The molecule has 0 atom stereocenters. The van der Waals surface area contributed by atoms with Crippen molar-refractivity contribution in [1.82, 2.24) is 9.97 Å². The van der Waals surface area contributed by atoms with Gasteiger partial charge in [0.15, 0.2) is 0 Å². The van der Waals surface area contributed by atoms with Crippen molar-refractivity contribution in [2.24, 2.45) is 0 Å². The van der Waals surface area contributed by atoms with Crippen LogP contribution in [0.5, 0.6) is 0 Å². The number of rotatable bonds is 3. The maximum Gasteiger partial charge on any atom is 0 e. The molecule has 3 nitrogen and oxygen atoms in total. The Hall–Kier alpha value is -3.61. The number of furan rings is 1. The van der Waals surface area contributed by atoms with E-state index >= 15 is 0 Å². The van der Waals surface area contributed by atoms with Crippen LogP contribution in [0.4, 0.5) is 0 Å². The maximum atomic E-state index is 7.75. The van der Waals surface area contributed by atoms with E-state index in [9.17, 15) is 0 Å². The first-order valence-corrected chi connectivity index (χ1v) is 25.6. The van der Waals surface area contributed by atoms with Crippen molar-refractivity contribution in [3.8, 4) is 33.6 Å². The quantitative estimate of drug-likeness (QED) is 0.132. The number of hydrogen-bond acceptors (Lipinski definition) is 3. The molecule has 8 rings (SSSR count). The molecule has 0 amide bonds. The van der Waals surface area contributed by atoms with Crippen molar-refractivity contribution in [2.45, 2.75) is 37.2 Å². The molecular formula is C40H36GeIrN2OSi-2. The predicted octanol–water partition coefficient (Wildman–Crippen LogP) is 8.65. The summed E-state index contributed by atoms with van der Waals surface area (Å²) in [7, 11) is -1.79. The van der Waals surface area contributed by atoms with E-state index in [0.717, 1.165) is 27.6 Å². The molecule has 0 N–H and O–H groups in total. The molecule has 231 valence electrons. The molecule has 4 heterocycles. The third-order valence-electron chi connectivity index (χ3n) is 8.77. The van der Waals surface area contributed by atoms with Crippen LogP contribution in [0, 0.1) is 19.0 Å². The third kappa shape index (κ3) is 5.75. The fraction of sp³-hybridized carbons (Fsp3) is 0.150. The average molecular weight is 857 g/mol. The second-order valence-electron chi connectivity index (χ2n) is 13.1. The first-order chi connectivity index (χ1) is 22.8. The van der Waals surface area contributed by atoms with Crippen molar-refractivity contribution in [3.05, 3.63) is 127 Å². The van der Waals surface area contributed by atoms with Crippen LogP contribution in [0.2, 0.25) is 30.4 Å². The zero-order chi connectivity index (χ0) is 33.8. The van der Waals surface area contributed by atoms with Gasteiger partial charge >= 0.3 is 99.8 Å². The summed E-state index contributed by atoms with van der Waals surface area (Å²) in [6.45, 7) is 2.60. The van der Waals surface area contributed by atoms with Crippen LogP contribution < -0.4 is 14.8 Å². The van der Waals surface area contributed by atoms with E-state index in [0.29, 0.717) is 16.8 Å². The van der Waals surface area contributed by atoms with Gasteiger partial charge in [0.25, 0.3) is 0 Å². The number of pyridine rings is 2. The SMILES string of the molecule is [2H]C([2H])([2H])c1ccnc(-c2[c-]ccc3c2oc2ccc4c(c23)-c2ccccc2[Si]4(C)C)c1.[CH3][Ge]([CH3])([CH3])[c]1ccc(-c2[c-]cccc2)nc1.[Ir]. The summed E-state index contributed by atoms with van der Waals surface area (Å²) in [4.78, 5) is 8.97. The number of fused-ring (bicyclic) bond motifs is 7. The van der Waals surface area contributed by atoms with Gasteiger partial charge in [0, 0.05) is 35.8 Å². The van der Waals surface area contributed by atoms with Crippen molar-refractivity contribution in [3.63, 3.8) is 0 Å². The van der Waals surface area contributed by atoms with E-state index in [2.05, 4.69) is 101 Å². The summed E-state index contributed by atoms with van der Waals surface area (Å²) in [5.41, 5.74) is 7.65. The molecule has 0 bridgehead atoms.